The summed E-state index contributed by atoms with van der Waals surface area (Å²) in [6, 6.07) is 5.89. The Hall–Kier alpha value is -1.42. The van der Waals surface area contributed by atoms with Gasteiger partial charge >= 0.3 is 5.97 Å². The SMILES string of the molecule is Cc1cccc(CN2CCCCC2(C)C(=O)O)n1. The number of aliphatic carboxylic acids is 1. The molecule has 1 fully saturated rings. The summed E-state index contributed by atoms with van der Waals surface area (Å²) in [7, 11) is 0. The van der Waals surface area contributed by atoms with E-state index in [1.54, 1.807) is 0 Å². The largest absolute Gasteiger partial charge is 0.480 e. The number of carbonyl (C=O) groups is 1. The lowest BCUT2D eigenvalue weighted by molar-refractivity contribution is -0.153. The molecule has 4 nitrogen and oxygen atoms in total. The predicted octanol–water partition coefficient (Wildman–Crippen LogP) is 2.22. The van der Waals surface area contributed by atoms with Crippen LogP contribution < -0.4 is 0 Å². The molecule has 0 bridgehead atoms. The topological polar surface area (TPSA) is 53.4 Å². The van der Waals surface area contributed by atoms with Crippen molar-refractivity contribution in [3.8, 4) is 0 Å². The molecular formula is C14H20N2O2. The number of aromatic nitrogens is 1. The van der Waals surface area contributed by atoms with Crippen molar-refractivity contribution in [2.24, 2.45) is 0 Å². The number of carboxylic acid groups (broad SMARTS) is 1. The van der Waals surface area contributed by atoms with Crippen molar-refractivity contribution in [2.75, 3.05) is 6.54 Å². The predicted molar refractivity (Wildman–Crippen MR) is 69.3 cm³/mol. The van der Waals surface area contributed by atoms with Crippen molar-refractivity contribution < 1.29 is 9.90 Å². The van der Waals surface area contributed by atoms with E-state index >= 15 is 0 Å². The molecule has 0 amide bonds. The Morgan fingerprint density at radius 2 is 2.28 bits per heavy atom. The lowest BCUT2D eigenvalue weighted by Gasteiger charge is -2.41. The fourth-order valence-electron chi connectivity index (χ4n) is 2.56. The van der Waals surface area contributed by atoms with E-state index in [0.29, 0.717) is 13.0 Å². The summed E-state index contributed by atoms with van der Waals surface area (Å²) in [5.74, 6) is -0.727. The number of pyridine rings is 1. The van der Waals surface area contributed by atoms with Crippen molar-refractivity contribution in [3.63, 3.8) is 0 Å². The van der Waals surface area contributed by atoms with E-state index in [1.807, 2.05) is 36.9 Å². The van der Waals surface area contributed by atoms with Crippen molar-refractivity contribution in [1.29, 1.82) is 0 Å². The molecule has 2 rings (SSSR count). The highest BCUT2D eigenvalue weighted by Gasteiger charge is 2.41. The van der Waals surface area contributed by atoms with E-state index in [-0.39, 0.29) is 0 Å². The van der Waals surface area contributed by atoms with Gasteiger partial charge in [-0.3, -0.25) is 14.7 Å². The Labute approximate surface area is 108 Å². The molecule has 0 saturated carbocycles. The van der Waals surface area contributed by atoms with Gasteiger partial charge in [0, 0.05) is 12.2 Å². The second kappa shape index (κ2) is 5.06. The summed E-state index contributed by atoms with van der Waals surface area (Å²) >= 11 is 0. The molecule has 2 heterocycles. The minimum atomic E-state index is -0.746. The maximum Gasteiger partial charge on any atom is 0.323 e. The van der Waals surface area contributed by atoms with Gasteiger partial charge in [0.15, 0.2) is 0 Å². The quantitative estimate of drug-likeness (QED) is 0.891. The van der Waals surface area contributed by atoms with Gasteiger partial charge in [0.05, 0.1) is 5.69 Å². The number of piperidine rings is 1. The third kappa shape index (κ3) is 2.53. The lowest BCUT2D eigenvalue weighted by atomic mass is 9.88. The van der Waals surface area contributed by atoms with Gasteiger partial charge in [0.2, 0.25) is 0 Å². The number of carboxylic acids is 1. The zero-order valence-electron chi connectivity index (χ0n) is 11.0. The summed E-state index contributed by atoms with van der Waals surface area (Å²) in [5.41, 5.74) is 1.18. The molecule has 0 spiro atoms. The van der Waals surface area contributed by atoms with Crippen LogP contribution >= 0.6 is 0 Å². The summed E-state index contributed by atoms with van der Waals surface area (Å²) in [6.07, 6.45) is 2.77. The van der Waals surface area contributed by atoms with Crippen LogP contribution in [0.15, 0.2) is 18.2 Å². The van der Waals surface area contributed by atoms with Gasteiger partial charge in [-0.1, -0.05) is 6.07 Å². The van der Waals surface area contributed by atoms with E-state index in [9.17, 15) is 9.90 Å². The van der Waals surface area contributed by atoms with Crippen LogP contribution in [-0.2, 0) is 11.3 Å². The molecule has 1 N–H and O–H groups in total. The zero-order chi connectivity index (χ0) is 13.2. The number of likely N-dealkylation sites (tertiary alicyclic amines) is 1. The van der Waals surface area contributed by atoms with Gasteiger partial charge in [-0.25, -0.2) is 0 Å². The van der Waals surface area contributed by atoms with Gasteiger partial charge in [0.25, 0.3) is 0 Å². The van der Waals surface area contributed by atoms with Crippen LogP contribution in [0, 0.1) is 6.92 Å². The number of rotatable bonds is 3. The average Bonchev–Trinajstić information content (AvgIpc) is 2.32. The molecule has 98 valence electrons. The molecule has 1 atom stereocenters. The molecule has 1 aromatic rings. The Kier molecular flexibility index (Phi) is 3.66. The maximum absolute atomic E-state index is 11.5. The fourth-order valence-corrected chi connectivity index (χ4v) is 2.56. The monoisotopic (exact) mass is 248 g/mol. The first-order chi connectivity index (χ1) is 8.52. The van der Waals surface area contributed by atoms with E-state index in [4.69, 9.17) is 0 Å². The normalized spacial score (nSPS) is 25.0. The first-order valence-electron chi connectivity index (χ1n) is 6.43. The summed E-state index contributed by atoms with van der Waals surface area (Å²) in [6.45, 7) is 5.23. The van der Waals surface area contributed by atoms with E-state index in [2.05, 4.69) is 4.98 Å². The van der Waals surface area contributed by atoms with Gasteiger partial charge in [-0.05, 0) is 51.8 Å². The Bertz CT molecular complexity index is 447. The average molecular weight is 248 g/mol. The van der Waals surface area contributed by atoms with Crippen molar-refractivity contribution in [2.45, 2.75) is 45.2 Å². The minimum absolute atomic E-state index is 0.616. The van der Waals surface area contributed by atoms with Crippen LogP contribution in [0.25, 0.3) is 0 Å². The third-order valence-electron chi connectivity index (χ3n) is 3.80. The zero-order valence-corrected chi connectivity index (χ0v) is 11.0. The minimum Gasteiger partial charge on any atom is -0.480 e. The Balaban J connectivity index is 2.18. The molecular weight excluding hydrogens is 228 g/mol. The van der Waals surface area contributed by atoms with Crippen LogP contribution in [0.4, 0.5) is 0 Å². The van der Waals surface area contributed by atoms with Crippen LogP contribution in [-0.4, -0.2) is 33.0 Å². The Morgan fingerprint density at radius 1 is 1.50 bits per heavy atom. The smallest absolute Gasteiger partial charge is 0.323 e. The third-order valence-corrected chi connectivity index (χ3v) is 3.80. The molecule has 1 unspecified atom stereocenters. The summed E-state index contributed by atoms with van der Waals surface area (Å²) in [5, 5.41) is 9.44. The highest BCUT2D eigenvalue weighted by Crippen LogP contribution is 2.29. The molecule has 1 aromatic heterocycles. The van der Waals surface area contributed by atoms with Crippen LogP contribution in [0.5, 0.6) is 0 Å². The highest BCUT2D eigenvalue weighted by atomic mass is 16.4. The van der Waals surface area contributed by atoms with Crippen molar-refractivity contribution in [1.82, 2.24) is 9.88 Å². The lowest BCUT2D eigenvalue weighted by Crippen LogP contribution is -2.54. The maximum atomic E-state index is 11.5. The fraction of sp³-hybridized carbons (Fsp3) is 0.571. The summed E-state index contributed by atoms with van der Waals surface area (Å²) < 4.78 is 0. The molecule has 4 heteroatoms. The molecule has 18 heavy (non-hydrogen) atoms. The standard InChI is InChI=1S/C14H20N2O2/c1-11-6-5-7-12(15-11)10-16-9-4-3-8-14(16,2)13(17)18/h5-7H,3-4,8-10H2,1-2H3,(H,17,18). The number of nitrogens with zero attached hydrogens (tertiary/aromatic N) is 2. The second-order valence-electron chi connectivity index (χ2n) is 5.23. The van der Waals surface area contributed by atoms with Crippen molar-refractivity contribution >= 4 is 5.97 Å². The van der Waals surface area contributed by atoms with Gasteiger partial charge < -0.3 is 5.11 Å². The van der Waals surface area contributed by atoms with Gasteiger partial charge in [0.1, 0.15) is 5.54 Å². The van der Waals surface area contributed by atoms with Crippen LogP contribution in [0.1, 0.15) is 37.6 Å². The Morgan fingerprint density at radius 3 is 2.94 bits per heavy atom. The second-order valence-corrected chi connectivity index (χ2v) is 5.23. The van der Waals surface area contributed by atoms with E-state index < -0.39 is 11.5 Å². The summed E-state index contributed by atoms with van der Waals surface area (Å²) in [4.78, 5) is 18.0. The number of aryl methyl sites for hydroxylation is 1. The van der Waals surface area contributed by atoms with Gasteiger partial charge in [-0.15, -0.1) is 0 Å². The number of hydrogen-bond acceptors (Lipinski definition) is 3. The number of hydrogen-bond donors (Lipinski definition) is 1. The molecule has 1 saturated heterocycles. The molecule has 0 aromatic carbocycles. The first-order valence-corrected chi connectivity index (χ1v) is 6.43. The van der Waals surface area contributed by atoms with Crippen LogP contribution in [0.2, 0.25) is 0 Å². The van der Waals surface area contributed by atoms with E-state index in [1.165, 1.54) is 0 Å². The van der Waals surface area contributed by atoms with E-state index in [0.717, 1.165) is 30.8 Å². The van der Waals surface area contributed by atoms with Gasteiger partial charge in [-0.2, -0.15) is 0 Å². The molecule has 1 aliphatic heterocycles. The first kappa shape index (κ1) is 13.0. The highest BCUT2D eigenvalue weighted by molar-refractivity contribution is 5.78. The van der Waals surface area contributed by atoms with Crippen molar-refractivity contribution in [3.05, 3.63) is 29.6 Å². The molecule has 1 aliphatic rings. The molecule has 0 aliphatic carbocycles. The van der Waals surface area contributed by atoms with Crippen LogP contribution in [0.3, 0.4) is 0 Å². The molecule has 0 radical (unpaired) electrons.